The average Bonchev–Trinajstić information content (AvgIpc) is 2.89. The van der Waals surface area contributed by atoms with Crippen LogP contribution < -0.4 is 27.0 Å². The Bertz CT molecular complexity index is 988. The van der Waals surface area contributed by atoms with Gasteiger partial charge in [0.05, 0.1) is 0 Å². The van der Waals surface area contributed by atoms with Gasteiger partial charge in [0.1, 0.15) is 24.2 Å². The highest BCUT2D eigenvalue weighted by atomic mass is 16.4. The molecule has 0 bridgehead atoms. The van der Waals surface area contributed by atoms with Crippen LogP contribution in [0.4, 0.5) is 0 Å². The normalized spacial score (nSPS) is 13.8. The molecule has 8 N–H and O–H groups in total. The summed E-state index contributed by atoms with van der Waals surface area (Å²) in [5.74, 6) is -4.68. The molecular weight excluding hydrogens is 522 g/mol. The van der Waals surface area contributed by atoms with Crippen LogP contribution in [0.1, 0.15) is 57.9 Å². The number of aliphatic carboxylic acids is 2. The maximum absolute atomic E-state index is 13.2. The van der Waals surface area contributed by atoms with Crippen molar-refractivity contribution in [1.29, 1.82) is 0 Å². The topological polar surface area (TPSA) is 217 Å². The third-order valence-corrected chi connectivity index (χ3v) is 6.05. The molecule has 0 aliphatic carbocycles. The summed E-state index contributed by atoms with van der Waals surface area (Å²) in [5, 5.41) is 28.6. The van der Waals surface area contributed by atoms with Crippen molar-refractivity contribution >= 4 is 36.1 Å². The van der Waals surface area contributed by atoms with Gasteiger partial charge in [-0.2, -0.15) is 0 Å². The summed E-state index contributed by atoms with van der Waals surface area (Å²) in [6, 6.07) is 4.13. The quantitative estimate of drug-likeness (QED) is 0.0832. The molecule has 0 radical (unpaired) electrons. The van der Waals surface area contributed by atoms with Crippen molar-refractivity contribution in [3.63, 3.8) is 0 Å². The van der Waals surface area contributed by atoms with Crippen LogP contribution in [0.5, 0.6) is 0 Å². The highest BCUT2D eigenvalue weighted by molar-refractivity contribution is 5.94. The van der Waals surface area contributed by atoms with Crippen molar-refractivity contribution in [3.05, 3.63) is 35.9 Å². The van der Waals surface area contributed by atoms with Gasteiger partial charge in [0.25, 0.3) is 0 Å². The van der Waals surface area contributed by atoms with Crippen molar-refractivity contribution in [3.8, 4) is 0 Å². The minimum Gasteiger partial charge on any atom is -0.481 e. The Morgan fingerprint density at radius 3 is 1.88 bits per heavy atom. The zero-order chi connectivity index (χ0) is 30.1. The lowest BCUT2D eigenvalue weighted by Gasteiger charge is -2.26. The van der Waals surface area contributed by atoms with Gasteiger partial charge in [-0.15, -0.1) is 0 Å². The van der Waals surface area contributed by atoms with Gasteiger partial charge in [0.2, 0.25) is 24.1 Å². The number of hydrogen-bond donors (Lipinski definition) is 7. The molecule has 1 aromatic rings. The zero-order valence-corrected chi connectivity index (χ0v) is 22.9. The largest absolute Gasteiger partial charge is 0.481 e. The Balaban J connectivity index is 3.10. The summed E-state index contributed by atoms with van der Waals surface area (Å²) in [6.07, 6.45) is 1.05. The fraction of sp³-hybridized carbons (Fsp3) is 0.556. The molecule has 0 spiro atoms. The van der Waals surface area contributed by atoms with Gasteiger partial charge in [-0.25, -0.2) is 4.79 Å². The molecule has 4 unspecified atom stereocenters. The predicted molar refractivity (Wildman–Crippen MR) is 146 cm³/mol. The van der Waals surface area contributed by atoms with Crippen molar-refractivity contribution in [1.82, 2.24) is 21.3 Å². The highest BCUT2D eigenvalue weighted by Crippen LogP contribution is 2.09. The van der Waals surface area contributed by atoms with Crippen molar-refractivity contribution < 1.29 is 39.0 Å². The van der Waals surface area contributed by atoms with Crippen LogP contribution >= 0.6 is 0 Å². The number of nitrogens with one attached hydrogen (secondary N) is 4. The van der Waals surface area contributed by atoms with E-state index in [0.29, 0.717) is 25.8 Å². The Morgan fingerprint density at radius 1 is 0.825 bits per heavy atom. The number of amides is 4. The second-order valence-electron chi connectivity index (χ2n) is 9.90. The molecule has 0 heterocycles. The standard InChI is InChI=1S/C27H41N5O8/c1-17(2)14-22(27(39)40)32-24(36)19(10-6-7-13-28)30-25(37)20(11-12-23(34)35)31-26(38)21(29-16-33)15-18-8-4-3-5-9-18/h3-5,8-9,16-17,19-22H,6-7,10-15,28H2,1-2H3,(H,29,33)(H,30,37)(H,31,38)(H,32,36)(H,34,35)(H,39,40). The number of nitrogens with two attached hydrogens (primary N) is 1. The number of carboxylic acid groups (broad SMARTS) is 2. The van der Waals surface area contributed by atoms with E-state index in [1.807, 2.05) is 13.8 Å². The fourth-order valence-electron chi connectivity index (χ4n) is 3.97. The van der Waals surface area contributed by atoms with Crippen molar-refractivity contribution in [2.24, 2.45) is 11.7 Å². The van der Waals surface area contributed by atoms with E-state index < -0.39 is 60.2 Å². The molecule has 0 saturated heterocycles. The molecule has 222 valence electrons. The number of hydrogen-bond acceptors (Lipinski definition) is 7. The number of rotatable bonds is 20. The molecule has 4 amide bonds. The molecule has 0 aliphatic heterocycles. The molecule has 0 saturated carbocycles. The van der Waals surface area contributed by atoms with Gasteiger partial charge < -0.3 is 37.2 Å². The van der Waals surface area contributed by atoms with E-state index >= 15 is 0 Å². The van der Waals surface area contributed by atoms with Crippen LogP contribution in [0.3, 0.4) is 0 Å². The van der Waals surface area contributed by atoms with E-state index in [9.17, 15) is 33.9 Å². The number of unbranched alkanes of at least 4 members (excludes halogenated alkanes) is 1. The van der Waals surface area contributed by atoms with Crippen LogP contribution in [-0.2, 0) is 35.2 Å². The second kappa shape index (κ2) is 18.3. The first-order valence-electron chi connectivity index (χ1n) is 13.3. The minimum absolute atomic E-state index is 0.0221. The monoisotopic (exact) mass is 563 g/mol. The first-order chi connectivity index (χ1) is 19.0. The SMILES string of the molecule is CC(C)CC(NC(=O)C(CCCCN)NC(=O)C(CCC(=O)O)NC(=O)C(Cc1ccccc1)NC=O)C(=O)O. The molecule has 1 aromatic carbocycles. The van der Waals surface area contributed by atoms with E-state index in [2.05, 4.69) is 21.3 Å². The lowest BCUT2D eigenvalue weighted by atomic mass is 10.0. The van der Waals surface area contributed by atoms with Gasteiger partial charge in [-0.05, 0) is 50.1 Å². The summed E-state index contributed by atoms with van der Waals surface area (Å²) in [4.78, 5) is 73.3. The average molecular weight is 564 g/mol. The predicted octanol–water partition coefficient (Wildman–Crippen LogP) is -0.0774. The molecule has 13 heteroatoms. The summed E-state index contributed by atoms with van der Waals surface area (Å²) in [7, 11) is 0. The molecule has 0 aliphatic rings. The van der Waals surface area contributed by atoms with Crippen LogP contribution in [0.2, 0.25) is 0 Å². The third-order valence-electron chi connectivity index (χ3n) is 6.05. The van der Waals surface area contributed by atoms with Gasteiger partial charge in [0, 0.05) is 12.8 Å². The number of carbonyl (C=O) groups excluding carboxylic acids is 4. The Hall–Kier alpha value is -4.00. The molecule has 0 fully saturated rings. The van der Waals surface area contributed by atoms with Gasteiger partial charge in [-0.1, -0.05) is 44.2 Å². The van der Waals surface area contributed by atoms with Crippen LogP contribution in [0.25, 0.3) is 0 Å². The van der Waals surface area contributed by atoms with E-state index in [1.54, 1.807) is 30.3 Å². The molecule has 40 heavy (non-hydrogen) atoms. The number of carboxylic acids is 2. The molecule has 1 rings (SSSR count). The van der Waals surface area contributed by atoms with Crippen LogP contribution in [0, 0.1) is 5.92 Å². The minimum atomic E-state index is -1.34. The van der Waals surface area contributed by atoms with Crippen molar-refractivity contribution in [2.75, 3.05) is 6.54 Å². The van der Waals surface area contributed by atoms with E-state index in [-0.39, 0.29) is 31.6 Å². The van der Waals surface area contributed by atoms with Crippen molar-refractivity contribution in [2.45, 2.75) is 83.0 Å². The Labute approximate surface area is 233 Å². The smallest absolute Gasteiger partial charge is 0.326 e. The lowest BCUT2D eigenvalue weighted by molar-refractivity contribution is -0.142. The molecule has 4 atom stereocenters. The summed E-state index contributed by atoms with van der Waals surface area (Å²) in [5.41, 5.74) is 6.29. The lowest BCUT2D eigenvalue weighted by Crippen LogP contribution is -2.57. The van der Waals surface area contributed by atoms with Gasteiger partial charge in [0.15, 0.2) is 0 Å². The summed E-state index contributed by atoms with van der Waals surface area (Å²) >= 11 is 0. The maximum Gasteiger partial charge on any atom is 0.326 e. The zero-order valence-electron chi connectivity index (χ0n) is 22.9. The Morgan fingerprint density at radius 2 is 1.38 bits per heavy atom. The van der Waals surface area contributed by atoms with E-state index in [1.165, 1.54) is 0 Å². The Kier molecular flexibility index (Phi) is 15.6. The van der Waals surface area contributed by atoms with E-state index in [4.69, 9.17) is 10.8 Å². The molecular formula is C27H41N5O8. The fourth-order valence-corrected chi connectivity index (χ4v) is 3.97. The first kappa shape index (κ1) is 34.0. The van der Waals surface area contributed by atoms with E-state index in [0.717, 1.165) is 5.56 Å². The number of carbonyl (C=O) groups is 6. The van der Waals surface area contributed by atoms with Crippen LogP contribution in [0.15, 0.2) is 30.3 Å². The third kappa shape index (κ3) is 13.2. The summed E-state index contributed by atoms with van der Waals surface area (Å²) in [6.45, 7) is 3.96. The summed E-state index contributed by atoms with van der Waals surface area (Å²) < 4.78 is 0. The second-order valence-corrected chi connectivity index (χ2v) is 9.90. The maximum atomic E-state index is 13.2. The molecule has 0 aromatic heterocycles. The first-order valence-corrected chi connectivity index (χ1v) is 13.3. The molecule has 13 nitrogen and oxygen atoms in total. The number of benzene rings is 1. The highest BCUT2D eigenvalue weighted by Gasteiger charge is 2.31. The van der Waals surface area contributed by atoms with Gasteiger partial charge >= 0.3 is 11.9 Å². The van der Waals surface area contributed by atoms with Crippen LogP contribution in [-0.4, -0.2) is 77.0 Å². The van der Waals surface area contributed by atoms with Gasteiger partial charge in [-0.3, -0.25) is 24.0 Å².